The number of carbonyl (C=O) groups is 1. The highest BCUT2D eigenvalue weighted by molar-refractivity contribution is 9.10. The van der Waals surface area contributed by atoms with Gasteiger partial charge in [-0.3, -0.25) is 14.7 Å². The normalized spacial score (nSPS) is 19.4. The first-order chi connectivity index (χ1) is 9.56. The van der Waals surface area contributed by atoms with E-state index >= 15 is 0 Å². The van der Waals surface area contributed by atoms with Gasteiger partial charge in [-0.25, -0.2) is 0 Å². The molecule has 1 saturated heterocycles. The van der Waals surface area contributed by atoms with Crippen LogP contribution in [0.5, 0.6) is 5.75 Å². The summed E-state index contributed by atoms with van der Waals surface area (Å²) in [5.41, 5.74) is 0.615. The molecule has 0 aliphatic carbocycles. The van der Waals surface area contributed by atoms with Gasteiger partial charge in [0.25, 0.3) is 5.91 Å². The van der Waals surface area contributed by atoms with Crippen molar-refractivity contribution in [1.82, 2.24) is 4.90 Å². The van der Waals surface area contributed by atoms with Crippen LogP contribution in [0.3, 0.4) is 0 Å². The smallest absolute Gasteiger partial charge is 0.266 e. The van der Waals surface area contributed by atoms with Gasteiger partial charge < -0.3 is 5.11 Å². The zero-order valence-electron chi connectivity index (χ0n) is 11.3. The minimum Gasteiger partial charge on any atom is -0.507 e. The number of phenolic OH excluding ortho intramolecular Hbond substituents is 1. The summed E-state index contributed by atoms with van der Waals surface area (Å²) in [4.78, 5) is 18.8. The Hall–Kier alpha value is -1.27. The van der Waals surface area contributed by atoms with Crippen LogP contribution in [0.15, 0.2) is 32.6 Å². The number of likely N-dealkylation sites (N-methyl/N-ethyl adjacent to an activating group) is 1. The Labute approximate surface area is 130 Å². The standard InChI is InChI=1S/C14H15BrN2O2S/c1-3-16-14-17(4-2)13(19)12(20-14)8-9-7-10(15)5-6-11(9)18/h5-8,18H,3-4H2,1-2H3. The molecule has 106 valence electrons. The van der Waals surface area contributed by atoms with E-state index in [2.05, 4.69) is 20.9 Å². The van der Waals surface area contributed by atoms with Gasteiger partial charge in [-0.05, 0) is 49.9 Å². The Morgan fingerprint density at radius 1 is 1.45 bits per heavy atom. The molecule has 1 aliphatic heterocycles. The number of amidine groups is 1. The minimum absolute atomic E-state index is 0.0657. The van der Waals surface area contributed by atoms with Crippen molar-refractivity contribution in [3.05, 3.63) is 33.1 Å². The third kappa shape index (κ3) is 3.07. The Morgan fingerprint density at radius 2 is 2.20 bits per heavy atom. The molecule has 20 heavy (non-hydrogen) atoms. The molecule has 1 amide bonds. The zero-order chi connectivity index (χ0) is 14.7. The van der Waals surface area contributed by atoms with Crippen LogP contribution in [0.2, 0.25) is 0 Å². The fraction of sp³-hybridized carbons (Fsp3) is 0.286. The van der Waals surface area contributed by atoms with E-state index in [1.165, 1.54) is 11.8 Å². The van der Waals surface area contributed by atoms with Gasteiger partial charge in [0, 0.05) is 23.1 Å². The maximum absolute atomic E-state index is 12.3. The number of nitrogens with zero attached hydrogens (tertiary/aromatic N) is 2. The van der Waals surface area contributed by atoms with E-state index < -0.39 is 0 Å². The van der Waals surface area contributed by atoms with Crippen molar-refractivity contribution in [1.29, 1.82) is 0 Å². The predicted molar refractivity (Wildman–Crippen MR) is 86.7 cm³/mol. The second kappa shape index (κ2) is 6.45. The number of carbonyl (C=O) groups excluding carboxylic acids is 1. The molecule has 0 saturated carbocycles. The van der Waals surface area contributed by atoms with Crippen LogP contribution in [0.1, 0.15) is 19.4 Å². The first-order valence-corrected chi connectivity index (χ1v) is 7.92. The summed E-state index contributed by atoms with van der Waals surface area (Å²) in [5, 5.41) is 10.6. The van der Waals surface area contributed by atoms with E-state index in [1.807, 2.05) is 13.8 Å². The molecule has 0 unspecified atom stereocenters. The van der Waals surface area contributed by atoms with Crippen molar-refractivity contribution in [3.63, 3.8) is 0 Å². The lowest BCUT2D eigenvalue weighted by molar-refractivity contribution is -0.122. The van der Waals surface area contributed by atoms with E-state index in [0.717, 1.165) is 9.64 Å². The van der Waals surface area contributed by atoms with Crippen LogP contribution in [0.25, 0.3) is 6.08 Å². The quantitative estimate of drug-likeness (QED) is 0.845. The molecule has 0 atom stereocenters. The topological polar surface area (TPSA) is 52.9 Å². The van der Waals surface area contributed by atoms with Crippen molar-refractivity contribution < 1.29 is 9.90 Å². The number of aromatic hydroxyl groups is 1. The summed E-state index contributed by atoms with van der Waals surface area (Å²) in [6.45, 7) is 5.09. The van der Waals surface area contributed by atoms with Gasteiger partial charge in [-0.1, -0.05) is 15.9 Å². The molecule has 4 nitrogen and oxygen atoms in total. The Bertz CT molecular complexity index is 599. The number of phenols is 1. The molecule has 6 heteroatoms. The van der Waals surface area contributed by atoms with Gasteiger partial charge >= 0.3 is 0 Å². The van der Waals surface area contributed by atoms with Gasteiger partial charge in [-0.2, -0.15) is 0 Å². The summed E-state index contributed by atoms with van der Waals surface area (Å²) >= 11 is 4.70. The number of halogens is 1. The van der Waals surface area contributed by atoms with Crippen molar-refractivity contribution in [2.75, 3.05) is 13.1 Å². The molecule has 0 aromatic heterocycles. The second-order valence-corrected chi connectivity index (χ2v) is 6.04. The van der Waals surface area contributed by atoms with Crippen LogP contribution in [-0.4, -0.2) is 34.2 Å². The lowest BCUT2D eigenvalue weighted by atomic mass is 10.2. The first kappa shape index (κ1) is 15.1. The van der Waals surface area contributed by atoms with Crippen LogP contribution >= 0.6 is 27.7 Å². The van der Waals surface area contributed by atoms with Gasteiger partial charge in [0.1, 0.15) is 5.75 Å². The molecule has 1 aromatic rings. The first-order valence-electron chi connectivity index (χ1n) is 6.31. The fourth-order valence-electron chi connectivity index (χ4n) is 1.82. The molecule has 1 heterocycles. The molecular formula is C14H15BrN2O2S. The van der Waals surface area contributed by atoms with Crippen LogP contribution in [0, 0.1) is 0 Å². The predicted octanol–water partition coefficient (Wildman–Crippen LogP) is 3.47. The van der Waals surface area contributed by atoms with E-state index in [1.54, 1.807) is 29.2 Å². The number of hydrogen-bond donors (Lipinski definition) is 1. The number of aliphatic imine (C=N–C) groups is 1. The Morgan fingerprint density at radius 3 is 2.85 bits per heavy atom. The van der Waals surface area contributed by atoms with Gasteiger partial charge in [-0.15, -0.1) is 0 Å². The van der Waals surface area contributed by atoms with Crippen molar-refractivity contribution in [2.45, 2.75) is 13.8 Å². The summed E-state index contributed by atoms with van der Waals surface area (Å²) in [6, 6.07) is 5.13. The number of thioether (sulfide) groups is 1. The van der Waals surface area contributed by atoms with Gasteiger partial charge in [0.15, 0.2) is 5.17 Å². The molecule has 0 spiro atoms. The number of benzene rings is 1. The van der Waals surface area contributed by atoms with E-state index in [4.69, 9.17) is 0 Å². The number of amides is 1. The molecule has 1 aliphatic rings. The minimum atomic E-state index is -0.0657. The third-order valence-corrected chi connectivity index (χ3v) is 4.31. The number of rotatable bonds is 3. The van der Waals surface area contributed by atoms with Crippen molar-refractivity contribution >= 4 is 44.8 Å². The fourth-order valence-corrected chi connectivity index (χ4v) is 3.30. The molecular weight excluding hydrogens is 340 g/mol. The highest BCUT2D eigenvalue weighted by Gasteiger charge is 2.31. The zero-order valence-corrected chi connectivity index (χ0v) is 13.7. The van der Waals surface area contributed by atoms with E-state index in [0.29, 0.717) is 23.6 Å². The van der Waals surface area contributed by atoms with Gasteiger partial charge in [0.2, 0.25) is 0 Å². The van der Waals surface area contributed by atoms with Crippen molar-refractivity contribution in [2.24, 2.45) is 4.99 Å². The average Bonchev–Trinajstić information content (AvgIpc) is 2.70. The summed E-state index contributed by atoms with van der Waals surface area (Å²) in [7, 11) is 0. The molecule has 1 N–H and O–H groups in total. The SMILES string of the molecule is CCN=C1SC(=Cc2cc(Br)ccc2O)C(=O)N1CC. The monoisotopic (exact) mass is 354 g/mol. The molecule has 1 fully saturated rings. The highest BCUT2D eigenvalue weighted by Crippen LogP contribution is 2.34. The largest absolute Gasteiger partial charge is 0.507 e. The summed E-state index contributed by atoms with van der Waals surface area (Å²) < 4.78 is 0.854. The van der Waals surface area contributed by atoms with Crippen LogP contribution < -0.4 is 0 Å². The molecule has 1 aromatic carbocycles. The second-order valence-electron chi connectivity index (χ2n) is 4.12. The average molecular weight is 355 g/mol. The maximum atomic E-state index is 12.3. The molecule has 0 bridgehead atoms. The summed E-state index contributed by atoms with van der Waals surface area (Å²) in [5.74, 6) is 0.0853. The molecule has 0 radical (unpaired) electrons. The Balaban J connectivity index is 2.38. The lowest BCUT2D eigenvalue weighted by Gasteiger charge is -2.11. The van der Waals surface area contributed by atoms with E-state index in [9.17, 15) is 9.90 Å². The highest BCUT2D eigenvalue weighted by atomic mass is 79.9. The lowest BCUT2D eigenvalue weighted by Crippen LogP contribution is -2.28. The van der Waals surface area contributed by atoms with Gasteiger partial charge in [0.05, 0.1) is 4.91 Å². The summed E-state index contributed by atoms with van der Waals surface area (Å²) in [6.07, 6.45) is 1.70. The van der Waals surface area contributed by atoms with Crippen molar-refractivity contribution in [3.8, 4) is 5.75 Å². The Kier molecular flexibility index (Phi) is 4.88. The molecule has 2 rings (SSSR count). The van der Waals surface area contributed by atoms with Crippen LogP contribution in [0.4, 0.5) is 0 Å². The van der Waals surface area contributed by atoms with E-state index in [-0.39, 0.29) is 11.7 Å². The number of hydrogen-bond acceptors (Lipinski definition) is 4. The third-order valence-electron chi connectivity index (χ3n) is 2.77. The maximum Gasteiger partial charge on any atom is 0.266 e. The van der Waals surface area contributed by atoms with Crippen LogP contribution in [-0.2, 0) is 4.79 Å².